The number of hydrogen-bond acceptors (Lipinski definition) is 4. The molecule has 6 heteroatoms. The van der Waals surface area contributed by atoms with Crippen LogP contribution in [0.5, 0.6) is 0 Å². The number of aromatic nitrogens is 2. The third-order valence-corrected chi connectivity index (χ3v) is 3.17. The molecule has 0 bridgehead atoms. The van der Waals surface area contributed by atoms with Crippen LogP contribution >= 0.6 is 15.9 Å². The Kier molecular flexibility index (Phi) is 3.96. The number of aliphatic hydroxyl groups is 1. The zero-order valence-electron chi connectivity index (χ0n) is 9.10. The fourth-order valence-electron chi connectivity index (χ4n) is 1.79. The molecule has 90 valence electrons. The standard InChI is InChI=1S/C10H15BrN2O3/c1-2-13-10(7(11)6-12-13)8(14)5-9-15-3-4-16-9/h6,8-9,14H,2-5H2,1H3. The van der Waals surface area contributed by atoms with Crippen LogP contribution in [-0.4, -0.2) is 34.4 Å². The van der Waals surface area contributed by atoms with Gasteiger partial charge >= 0.3 is 0 Å². The van der Waals surface area contributed by atoms with Crippen molar-refractivity contribution in [3.05, 3.63) is 16.4 Å². The van der Waals surface area contributed by atoms with E-state index in [1.54, 1.807) is 10.9 Å². The maximum Gasteiger partial charge on any atom is 0.160 e. The van der Waals surface area contributed by atoms with E-state index < -0.39 is 6.10 Å². The van der Waals surface area contributed by atoms with Gasteiger partial charge in [0.15, 0.2) is 6.29 Å². The van der Waals surface area contributed by atoms with Crippen molar-refractivity contribution >= 4 is 15.9 Å². The monoisotopic (exact) mass is 290 g/mol. The number of rotatable bonds is 4. The van der Waals surface area contributed by atoms with Crippen LogP contribution in [0, 0.1) is 0 Å². The summed E-state index contributed by atoms with van der Waals surface area (Å²) in [7, 11) is 0. The predicted molar refractivity (Wildman–Crippen MR) is 60.9 cm³/mol. The molecule has 5 nitrogen and oxygen atoms in total. The molecule has 16 heavy (non-hydrogen) atoms. The summed E-state index contributed by atoms with van der Waals surface area (Å²) in [6, 6.07) is 0. The second-order valence-corrected chi connectivity index (χ2v) is 4.47. The van der Waals surface area contributed by atoms with Crippen molar-refractivity contribution in [2.24, 2.45) is 0 Å². The fourth-order valence-corrected chi connectivity index (χ4v) is 2.35. The van der Waals surface area contributed by atoms with Crippen molar-refractivity contribution in [1.29, 1.82) is 0 Å². The Hall–Kier alpha value is -0.430. The van der Waals surface area contributed by atoms with E-state index in [2.05, 4.69) is 21.0 Å². The van der Waals surface area contributed by atoms with Gasteiger partial charge in [-0.3, -0.25) is 4.68 Å². The fraction of sp³-hybridized carbons (Fsp3) is 0.700. The Labute approximate surface area is 102 Å². The average Bonchev–Trinajstić information content (AvgIpc) is 2.87. The van der Waals surface area contributed by atoms with Gasteiger partial charge in [0.1, 0.15) is 6.10 Å². The molecule has 0 amide bonds. The Morgan fingerprint density at radius 3 is 2.94 bits per heavy atom. The van der Waals surface area contributed by atoms with Crippen molar-refractivity contribution in [2.75, 3.05) is 13.2 Å². The summed E-state index contributed by atoms with van der Waals surface area (Å²) in [6.07, 6.45) is 1.20. The molecule has 1 saturated heterocycles. The molecule has 0 saturated carbocycles. The SMILES string of the molecule is CCn1ncc(Br)c1C(O)CC1OCCO1. The largest absolute Gasteiger partial charge is 0.387 e. The Bertz CT molecular complexity index is 350. The van der Waals surface area contributed by atoms with Crippen molar-refractivity contribution in [1.82, 2.24) is 9.78 Å². The first-order chi connectivity index (χ1) is 7.72. The van der Waals surface area contributed by atoms with E-state index in [0.717, 1.165) is 16.7 Å². The normalized spacial score (nSPS) is 19.2. The van der Waals surface area contributed by atoms with E-state index in [-0.39, 0.29) is 6.29 Å². The average molecular weight is 291 g/mol. The topological polar surface area (TPSA) is 56.5 Å². The summed E-state index contributed by atoms with van der Waals surface area (Å²) in [5, 5.41) is 14.3. The molecule has 1 aromatic rings. The number of aryl methyl sites for hydroxylation is 1. The quantitative estimate of drug-likeness (QED) is 0.912. The smallest absolute Gasteiger partial charge is 0.160 e. The molecule has 1 fully saturated rings. The predicted octanol–water partition coefficient (Wildman–Crippen LogP) is 1.46. The van der Waals surface area contributed by atoms with Crippen LogP contribution < -0.4 is 0 Å². The van der Waals surface area contributed by atoms with Crippen molar-refractivity contribution in [2.45, 2.75) is 32.3 Å². The molecular formula is C10H15BrN2O3. The summed E-state index contributed by atoms with van der Waals surface area (Å²) in [6.45, 7) is 3.92. The molecule has 2 rings (SSSR count). The van der Waals surface area contributed by atoms with Crippen molar-refractivity contribution in [3.63, 3.8) is 0 Å². The molecule has 1 aliphatic rings. The van der Waals surface area contributed by atoms with Gasteiger partial charge in [-0.2, -0.15) is 5.10 Å². The van der Waals surface area contributed by atoms with Crippen LogP contribution in [0.1, 0.15) is 25.1 Å². The van der Waals surface area contributed by atoms with Crippen molar-refractivity contribution < 1.29 is 14.6 Å². The highest BCUT2D eigenvalue weighted by atomic mass is 79.9. The summed E-state index contributed by atoms with van der Waals surface area (Å²) in [5.74, 6) is 0. The first-order valence-electron chi connectivity index (χ1n) is 5.34. The van der Waals surface area contributed by atoms with Gasteiger partial charge in [0.25, 0.3) is 0 Å². The molecule has 1 atom stereocenters. The summed E-state index contributed by atoms with van der Waals surface area (Å²) in [5.41, 5.74) is 0.779. The van der Waals surface area contributed by atoms with Crippen LogP contribution in [0.4, 0.5) is 0 Å². The molecule has 0 aromatic carbocycles. The van der Waals surface area contributed by atoms with Crippen LogP contribution in [0.15, 0.2) is 10.7 Å². The lowest BCUT2D eigenvalue weighted by Crippen LogP contribution is -2.16. The molecule has 0 aliphatic carbocycles. The summed E-state index contributed by atoms with van der Waals surface area (Å²) < 4.78 is 13.2. The molecule has 2 heterocycles. The maximum atomic E-state index is 10.1. The first kappa shape index (κ1) is 12.0. The highest BCUT2D eigenvalue weighted by Crippen LogP contribution is 2.28. The highest BCUT2D eigenvalue weighted by Gasteiger charge is 2.24. The van der Waals surface area contributed by atoms with Gasteiger partial charge in [-0.25, -0.2) is 0 Å². The third-order valence-electron chi connectivity index (χ3n) is 2.55. The van der Waals surface area contributed by atoms with E-state index in [9.17, 15) is 5.11 Å². The highest BCUT2D eigenvalue weighted by molar-refractivity contribution is 9.10. The minimum atomic E-state index is -0.625. The lowest BCUT2D eigenvalue weighted by Gasteiger charge is -2.16. The van der Waals surface area contributed by atoms with Gasteiger partial charge in [-0.1, -0.05) is 0 Å². The zero-order valence-corrected chi connectivity index (χ0v) is 10.7. The van der Waals surface area contributed by atoms with Gasteiger partial charge in [-0.05, 0) is 22.9 Å². The number of nitrogens with zero attached hydrogens (tertiary/aromatic N) is 2. The summed E-state index contributed by atoms with van der Waals surface area (Å²) >= 11 is 3.38. The molecule has 1 aliphatic heterocycles. The molecule has 1 aromatic heterocycles. The van der Waals surface area contributed by atoms with Crippen LogP contribution in [-0.2, 0) is 16.0 Å². The molecule has 1 N–H and O–H groups in total. The van der Waals surface area contributed by atoms with Gasteiger partial charge < -0.3 is 14.6 Å². The Morgan fingerprint density at radius 1 is 1.62 bits per heavy atom. The van der Waals surface area contributed by atoms with E-state index in [0.29, 0.717) is 19.6 Å². The zero-order chi connectivity index (χ0) is 11.5. The van der Waals surface area contributed by atoms with Gasteiger partial charge in [0.05, 0.1) is 29.6 Å². The van der Waals surface area contributed by atoms with Crippen molar-refractivity contribution in [3.8, 4) is 0 Å². The number of ether oxygens (including phenoxy) is 2. The van der Waals surface area contributed by atoms with Gasteiger partial charge in [0.2, 0.25) is 0 Å². The Morgan fingerprint density at radius 2 is 2.31 bits per heavy atom. The lowest BCUT2D eigenvalue weighted by atomic mass is 10.2. The van der Waals surface area contributed by atoms with Crippen LogP contribution in [0.3, 0.4) is 0 Å². The number of hydrogen-bond donors (Lipinski definition) is 1. The first-order valence-corrected chi connectivity index (χ1v) is 6.14. The maximum absolute atomic E-state index is 10.1. The Balaban J connectivity index is 2.06. The van der Waals surface area contributed by atoms with Crippen LogP contribution in [0.25, 0.3) is 0 Å². The minimum absolute atomic E-state index is 0.304. The number of aliphatic hydroxyl groups excluding tert-OH is 1. The molecule has 1 unspecified atom stereocenters. The molecule has 0 spiro atoms. The third kappa shape index (κ3) is 2.45. The summed E-state index contributed by atoms with van der Waals surface area (Å²) in [4.78, 5) is 0. The second kappa shape index (κ2) is 5.27. The van der Waals surface area contributed by atoms with Gasteiger partial charge in [-0.15, -0.1) is 0 Å². The van der Waals surface area contributed by atoms with Gasteiger partial charge in [0, 0.05) is 13.0 Å². The van der Waals surface area contributed by atoms with E-state index in [1.807, 2.05) is 6.92 Å². The minimum Gasteiger partial charge on any atom is -0.387 e. The second-order valence-electron chi connectivity index (χ2n) is 3.62. The van der Waals surface area contributed by atoms with E-state index in [4.69, 9.17) is 9.47 Å². The number of halogens is 1. The van der Waals surface area contributed by atoms with E-state index in [1.165, 1.54) is 0 Å². The molecular weight excluding hydrogens is 276 g/mol. The van der Waals surface area contributed by atoms with E-state index >= 15 is 0 Å². The molecule has 0 radical (unpaired) electrons. The van der Waals surface area contributed by atoms with Crippen LogP contribution in [0.2, 0.25) is 0 Å². The lowest BCUT2D eigenvalue weighted by molar-refractivity contribution is -0.0720.